The summed E-state index contributed by atoms with van der Waals surface area (Å²) >= 11 is 5.68. The van der Waals surface area contributed by atoms with Crippen molar-refractivity contribution in [2.45, 2.75) is 6.42 Å². The van der Waals surface area contributed by atoms with Crippen LogP contribution >= 0.6 is 11.6 Å². The molecule has 0 aromatic heterocycles. The monoisotopic (exact) mass is 259 g/mol. The maximum atomic E-state index is 10.5. The molecule has 3 N–H and O–H groups in total. The van der Waals surface area contributed by atoms with Crippen LogP contribution in [-0.4, -0.2) is 22.6 Å². The van der Waals surface area contributed by atoms with Crippen molar-refractivity contribution in [3.05, 3.63) is 33.3 Å². The molecule has 1 aromatic carbocycles. The van der Waals surface area contributed by atoms with Gasteiger partial charge in [0.05, 0.1) is 11.5 Å². The number of hydrogen-bond donors (Lipinski definition) is 2. The SMILES string of the molecule is N/C(CCOc1ccc([N+](=O)[O-])c(Cl)c1)=N\O. The molecule has 0 radical (unpaired) electrons. The van der Waals surface area contributed by atoms with E-state index in [4.69, 9.17) is 27.3 Å². The number of halogens is 1. The number of rotatable bonds is 5. The molecule has 0 unspecified atom stereocenters. The molecule has 92 valence electrons. The molecule has 7 nitrogen and oxygen atoms in total. The van der Waals surface area contributed by atoms with Gasteiger partial charge in [0.25, 0.3) is 5.69 Å². The summed E-state index contributed by atoms with van der Waals surface area (Å²) in [6.45, 7) is 0.185. The molecule has 0 bridgehead atoms. The summed E-state index contributed by atoms with van der Waals surface area (Å²) < 4.78 is 5.22. The van der Waals surface area contributed by atoms with E-state index in [2.05, 4.69) is 5.16 Å². The van der Waals surface area contributed by atoms with Gasteiger partial charge in [-0.25, -0.2) is 0 Å². The molecule has 0 atom stereocenters. The normalized spacial score (nSPS) is 11.2. The minimum absolute atomic E-state index is 0.00343. The smallest absolute Gasteiger partial charge is 0.288 e. The lowest BCUT2D eigenvalue weighted by molar-refractivity contribution is -0.384. The van der Waals surface area contributed by atoms with Crippen LogP contribution in [0.15, 0.2) is 23.4 Å². The van der Waals surface area contributed by atoms with Crippen LogP contribution < -0.4 is 10.5 Å². The molecule has 17 heavy (non-hydrogen) atoms. The number of nitrogens with zero attached hydrogens (tertiary/aromatic N) is 2. The van der Waals surface area contributed by atoms with E-state index < -0.39 is 4.92 Å². The van der Waals surface area contributed by atoms with E-state index in [9.17, 15) is 10.1 Å². The summed E-state index contributed by atoms with van der Waals surface area (Å²) in [6.07, 6.45) is 0.241. The van der Waals surface area contributed by atoms with Crippen LogP contribution in [0.3, 0.4) is 0 Å². The van der Waals surface area contributed by atoms with E-state index in [1.807, 2.05) is 0 Å². The van der Waals surface area contributed by atoms with E-state index in [1.54, 1.807) is 0 Å². The van der Waals surface area contributed by atoms with Gasteiger partial charge in [-0.15, -0.1) is 0 Å². The first-order valence-corrected chi connectivity index (χ1v) is 4.95. The number of nitrogens with two attached hydrogens (primary N) is 1. The van der Waals surface area contributed by atoms with Gasteiger partial charge in [-0.2, -0.15) is 0 Å². The first-order chi connectivity index (χ1) is 8.04. The summed E-state index contributed by atoms with van der Waals surface area (Å²) in [7, 11) is 0. The molecule has 0 saturated carbocycles. The van der Waals surface area contributed by atoms with Crippen LogP contribution in [-0.2, 0) is 0 Å². The molecular formula is C9H10ClN3O4. The Labute approximate surface area is 102 Å². The van der Waals surface area contributed by atoms with Crippen LogP contribution in [0.1, 0.15) is 6.42 Å². The molecular weight excluding hydrogens is 250 g/mol. The van der Waals surface area contributed by atoms with E-state index in [0.29, 0.717) is 5.75 Å². The second-order valence-corrected chi connectivity index (χ2v) is 3.47. The number of oxime groups is 1. The van der Waals surface area contributed by atoms with Crippen molar-refractivity contribution >= 4 is 23.1 Å². The van der Waals surface area contributed by atoms with Crippen molar-refractivity contribution in [2.24, 2.45) is 10.9 Å². The van der Waals surface area contributed by atoms with Crippen molar-refractivity contribution in [1.82, 2.24) is 0 Å². The van der Waals surface area contributed by atoms with Crippen LogP contribution in [0.25, 0.3) is 0 Å². The predicted molar refractivity (Wildman–Crippen MR) is 61.6 cm³/mol. The van der Waals surface area contributed by atoms with Gasteiger partial charge in [0.1, 0.15) is 16.6 Å². The summed E-state index contributed by atoms with van der Waals surface area (Å²) in [5, 5.41) is 21.6. The van der Waals surface area contributed by atoms with Crippen LogP contribution in [0.2, 0.25) is 5.02 Å². The predicted octanol–water partition coefficient (Wildman–Crippen LogP) is 1.76. The Morgan fingerprint density at radius 2 is 2.35 bits per heavy atom. The van der Waals surface area contributed by atoms with E-state index in [0.717, 1.165) is 0 Å². The molecule has 8 heteroatoms. The number of hydrogen-bond acceptors (Lipinski definition) is 5. The minimum Gasteiger partial charge on any atom is -0.493 e. The highest BCUT2D eigenvalue weighted by atomic mass is 35.5. The standard InChI is InChI=1S/C9H10ClN3O4/c10-7-5-6(1-2-8(7)13(15)16)17-4-3-9(11)12-14/h1-2,5,14H,3-4H2,(H2,11,12). The Bertz CT molecular complexity index is 450. The number of nitro groups is 1. The van der Waals surface area contributed by atoms with Gasteiger partial charge in [0, 0.05) is 18.6 Å². The molecule has 0 aliphatic heterocycles. The highest BCUT2D eigenvalue weighted by Crippen LogP contribution is 2.28. The molecule has 0 amide bonds. The molecule has 0 saturated heterocycles. The largest absolute Gasteiger partial charge is 0.493 e. The van der Waals surface area contributed by atoms with Crippen molar-refractivity contribution in [3.8, 4) is 5.75 Å². The quantitative estimate of drug-likeness (QED) is 0.275. The third-order valence-corrected chi connectivity index (χ3v) is 2.17. The number of benzene rings is 1. The fourth-order valence-electron chi connectivity index (χ4n) is 1.05. The van der Waals surface area contributed by atoms with Gasteiger partial charge < -0.3 is 15.7 Å². The highest BCUT2D eigenvalue weighted by Gasteiger charge is 2.12. The molecule has 0 aliphatic rings. The molecule has 0 aliphatic carbocycles. The fourth-order valence-corrected chi connectivity index (χ4v) is 1.29. The third-order valence-electron chi connectivity index (χ3n) is 1.87. The van der Waals surface area contributed by atoms with Crippen molar-refractivity contribution in [3.63, 3.8) is 0 Å². The summed E-state index contributed by atoms with van der Waals surface area (Å²) in [5.41, 5.74) is 5.05. The second-order valence-electron chi connectivity index (χ2n) is 3.06. The Kier molecular flexibility index (Phi) is 4.53. The Morgan fingerprint density at radius 1 is 1.65 bits per heavy atom. The van der Waals surface area contributed by atoms with Gasteiger partial charge in [0.15, 0.2) is 0 Å². The Morgan fingerprint density at radius 3 is 2.88 bits per heavy atom. The lowest BCUT2D eigenvalue weighted by Gasteiger charge is -2.05. The molecule has 0 heterocycles. The second kappa shape index (κ2) is 5.90. The minimum atomic E-state index is -0.581. The van der Waals surface area contributed by atoms with Crippen molar-refractivity contribution in [1.29, 1.82) is 0 Å². The van der Waals surface area contributed by atoms with Gasteiger partial charge in [-0.3, -0.25) is 10.1 Å². The molecule has 1 aromatic rings. The van der Waals surface area contributed by atoms with Crippen LogP contribution in [0.4, 0.5) is 5.69 Å². The van der Waals surface area contributed by atoms with Gasteiger partial charge in [-0.1, -0.05) is 16.8 Å². The van der Waals surface area contributed by atoms with Crippen molar-refractivity contribution in [2.75, 3.05) is 6.61 Å². The maximum Gasteiger partial charge on any atom is 0.288 e. The zero-order chi connectivity index (χ0) is 12.8. The van der Waals surface area contributed by atoms with Crippen LogP contribution in [0, 0.1) is 10.1 Å². The number of ether oxygens (including phenoxy) is 1. The zero-order valence-electron chi connectivity index (χ0n) is 8.67. The summed E-state index contributed by atoms with van der Waals surface area (Å²) in [4.78, 5) is 9.91. The van der Waals surface area contributed by atoms with E-state index in [-0.39, 0.29) is 29.6 Å². The number of nitro benzene ring substituents is 1. The Hall–Kier alpha value is -2.02. The summed E-state index contributed by atoms with van der Waals surface area (Å²) in [5.74, 6) is 0.421. The van der Waals surface area contributed by atoms with Gasteiger partial charge >= 0.3 is 0 Å². The molecule has 0 fully saturated rings. The molecule has 0 spiro atoms. The maximum absolute atomic E-state index is 10.5. The third kappa shape index (κ3) is 3.80. The van der Waals surface area contributed by atoms with Crippen LogP contribution in [0.5, 0.6) is 5.75 Å². The molecule has 1 rings (SSSR count). The van der Waals surface area contributed by atoms with Gasteiger partial charge in [-0.05, 0) is 6.07 Å². The van der Waals surface area contributed by atoms with E-state index >= 15 is 0 Å². The Balaban J connectivity index is 2.62. The lowest BCUT2D eigenvalue weighted by Crippen LogP contribution is -2.15. The topological polar surface area (TPSA) is 111 Å². The average molecular weight is 260 g/mol. The first-order valence-electron chi connectivity index (χ1n) is 4.57. The van der Waals surface area contributed by atoms with Crippen molar-refractivity contribution < 1.29 is 14.9 Å². The number of amidine groups is 1. The zero-order valence-corrected chi connectivity index (χ0v) is 9.42. The van der Waals surface area contributed by atoms with E-state index in [1.165, 1.54) is 18.2 Å². The first kappa shape index (κ1) is 13.0. The van der Waals surface area contributed by atoms with Gasteiger partial charge in [0.2, 0.25) is 0 Å². The fraction of sp³-hybridized carbons (Fsp3) is 0.222. The highest BCUT2D eigenvalue weighted by molar-refractivity contribution is 6.32. The average Bonchev–Trinajstić information content (AvgIpc) is 2.28. The lowest BCUT2D eigenvalue weighted by atomic mass is 10.3. The summed E-state index contributed by atoms with van der Waals surface area (Å²) in [6, 6.07) is 4.02.